The normalized spacial score (nSPS) is 14.2. The van der Waals surface area contributed by atoms with Gasteiger partial charge in [0.25, 0.3) is 0 Å². The van der Waals surface area contributed by atoms with Crippen molar-refractivity contribution in [3.63, 3.8) is 0 Å². The quantitative estimate of drug-likeness (QED) is 0.291. The minimum atomic E-state index is -0.510. The molecule has 4 nitrogen and oxygen atoms in total. The van der Waals surface area contributed by atoms with Gasteiger partial charge >= 0.3 is 6.09 Å². The summed E-state index contributed by atoms with van der Waals surface area (Å²) in [4.78, 5) is 18.1. The number of pyridine rings is 1. The fourth-order valence-electron chi connectivity index (χ4n) is 3.86. The van der Waals surface area contributed by atoms with Crippen LogP contribution in [-0.2, 0) is 4.74 Å². The number of carbonyl (C=O) groups is 1. The molecule has 1 amide bonds. The van der Waals surface area contributed by atoms with E-state index in [1.165, 1.54) is 29.7 Å². The lowest BCUT2D eigenvalue weighted by atomic mass is 10.1. The van der Waals surface area contributed by atoms with Crippen molar-refractivity contribution in [3.05, 3.63) is 80.4 Å². The van der Waals surface area contributed by atoms with Crippen LogP contribution in [0.2, 0.25) is 4.34 Å². The van der Waals surface area contributed by atoms with E-state index in [1.807, 2.05) is 42.9 Å². The van der Waals surface area contributed by atoms with E-state index in [2.05, 4.69) is 34.6 Å². The molecule has 168 valence electrons. The lowest BCUT2D eigenvalue weighted by Gasteiger charge is -2.14. The highest BCUT2D eigenvalue weighted by Gasteiger charge is 2.23. The zero-order valence-electron chi connectivity index (χ0n) is 18.3. The molecule has 0 spiro atoms. The summed E-state index contributed by atoms with van der Waals surface area (Å²) in [6, 6.07) is 14.4. The predicted molar refractivity (Wildman–Crippen MR) is 138 cm³/mol. The summed E-state index contributed by atoms with van der Waals surface area (Å²) in [5.41, 5.74) is 7.06. The Morgan fingerprint density at radius 1 is 1.15 bits per heavy atom. The van der Waals surface area contributed by atoms with Crippen molar-refractivity contribution in [2.75, 3.05) is 5.32 Å². The van der Waals surface area contributed by atoms with Crippen molar-refractivity contribution in [2.45, 2.75) is 38.7 Å². The van der Waals surface area contributed by atoms with E-state index in [9.17, 15) is 4.79 Å². The standard InChI is InChI=1S/C26H23ClN2O2S2/c1-15-13-32-14-21(15)16(2)31-26(30)29-23-11-24(27)33-25(23)20-9-10-22(28-12-20)19-7-5-18(6-8-19)17-3-4-17/h5-14,16-17H,3-4H2,1-2H3,(H,29,30). The Balaban J connectivity index is 1.30. The van der Waals surface area contributed by atoms with Crippen LogP contribution in [0.15, 0.2) is 59.4 Å². The molecular formula is C26H23ClN2O2S2. The molecule has 0 bridgehead atoms. The molecule has 0 saturated heterocycles. The fraction of sp³-hybridized carbons (Fsp3) is 0.231. The van der Waals surface area contributed by atoms with Crippen molar-refractivity contribution in [1.29, 1.82) is 0 Å². The molecule has 1 N–H and O–H groups in total. The Labute approximate surface area is 206 Å². The van der Waals surface area contributed by atoms with Gasteiger partial charge in [-0.1, -0.05) is 35.9 Å². The summed E-state index contributed by atoms with van der Waals surface area (Å²) in [6.45, 7) is 3.88. The Kier molecular flexibility index (Phi) is 6.23. The Morgan fingerprint density at radius 2 is 1.91 bits per heavy atom. The van der Waals surface area contributed by atoms with Gasteiger partial charge in [0, 0.05) is 22.9 Å². The molecule has 0 aliphatic heterocycles. The molecule has 5 rings (SSSR count). The molecule has 3 aromatic heterocycles. The number of hydrogen-bond donors (Lipinski definition) is 1. The lowest BCUT2D eigenvalue weighted by molar-refractivity contribution is 0.121. The second kappa shape index (κ2) is 9.29. The highest BCUT2D eigenvalue weighted by Crippen LogP contribution is 2.41. The van der Waals surface area contributed by atoms with Gasteiger partial charge in [0.15, 0.2) is 0 Å². The van der Waals surface area contributed by atoms with Gasteiger partial charge in [-0.25, -0.2) is 4.79 Å². The van der Waals surface area contributed by atoms with E-state index in [0.29, 0.717) is 10.0 Å². The second-order valence-corrected chi connectivity index (χ2v) is 10.7. The molecule has 1 fully saturated rings. The van der Waals surface area contributed by atoms with E-state index in [-0.39, 0.29) is 6.10 Å². The summed E-state index contributed by atoms with van der Waals surface area (Å²) in [5, 5.41) is 6.90. The van der Waals surface area contributed by atoms with E-state index in [4.69, 9.17) is 16.3 Å². The smallest absolute Gasteiger partial charge is 0.412 e. The SMILES string of the molecule is Cc1cscc1C(C)OC(=O)Nc1cc(Cl)sc1-c1ccc(-c2ccc(C3CC3)cc2)nc1. The van der Waals surface area contributed by atoms with Gasteiger partial charge in [0.2, 0.25) is 0 Å². The summed E-state index contributed by atoms with van der Waals surface area (Å²) in [5.74, 6) is 0.743. The number of amides is 1. The third-order valence-electron chi connectivity index (χ3n) is 5.84. The summed E-state index contributed by atoms with van der Waals surface area (Å²) >= 11 is 9.28. The number of aryl methyl sites for hydroxylation is 1. The number of anilines is 1. The summed E-state index contributed by atoms with van der Waals surface area (Å²) in [6.07, 6.45) is 3.57. The first-order valence-electron chi connectivity index (χ1n) is 10.8. The topological polar surface area (TPSA) is 51.2 Å². The van der Waals surface area contributed by atoms with Crippen LogP contribution in [0.4, 0.5) is 10.5 Å². The molecule has 33 heavy (non-hydrogen) atoms. The highest BCUT2D eigenvalue weighted by atomic mass is 35.5. The van der Waals surface area contributed by atoms with Crippen LogP contribution >= 0.6 is 34.3 Å². The minimum absolute atomic E-state index is 0.332. The van der Waals surface area contributed by atoms with Crippen LogP contribution < -0.4 is 5.32 Å². The average Bonchev–Trinajstić information content (AvgIpc) is 3.47. The van der Waals surface area contributed by atoms with Crippen LogP contribution in [0.1, 0.15) is 48.5 Å². The average molecular weight is 495 g/mol. The maximum absolute atomic E-state index is 12.6. The Morgan fingerprint density at radius 3 is 2.55 bits per heavy atom. The number of nitrogens with one attached hydrogen (secondary N) is 1. The number of aromatic nitrogens is 1. The first-order valence-corrected chi connectivity index (χ1v) is 13.0. The van der Waals surface area contributed by atoms with Crippen molar-refractivity contribution < 1.29 is 9.53 Å². The van der Waals surface area contributed by atoms with Crippen molar-refractivity contribution >= 4 is 46.1 Å². The lowest BCUT2D eigenvalue weighted by Crippen LogP contribution is -2.16. The third-order valence-corrected chi connectivity index (χ3v) is 8.03. The fourth-order valence-corrected chi connectivity index (χ4v) is 5.96. The number of benzene rings is 1. The van der Waals surface area contributed by atoms with Gasteiger partial charge < -0.3 is 4.74 Å². The van der Waals surface area contributed by atoms with E-state index in [1.54, 1.807) is 17.4 Å². The van der Waals surface area contributed by atoms with Crippen LogP contribution in [-0.4, -0.2) is 11.1 Å². The van der Waals surface area contributed by atoms with Crippen molar-refractivity contribution in [2.24, 2.45) is 0 Å². The molecule has 1 saturated carbocycles. The number of rotatable bonds is 6. The minimum Gasteiger partial charge on any atom is -0.441 e. The molecule has 4 aromatic rings. The maximum Gasteiger partial charge on any atom is 0.412 e. The van der Waals surface area contributed by atoms with Crippen LogP contribution in [0.5, 0.6) is 0 Å². The third kappa shape index (κ3) is 4.98. The number of ether oxygens (including phenoxy) is 1. The van der Waals surface area contributed by atoms with Gasteiger partial charge in [-0.05, 0) is 72.7 Å². The van der Waals surface area contributed by atoms with Gasteiger partial charge in [-0.3, -0.25) is 10.3 Å². The first-order chi connectivity index (χ1) is 16.0. The summed E-state index contributed by atoms with van der Waals surface area (Å²) in [7, 11) is 0. The molecule has 1 atom stereocenters. The number of hydrogen-bond acceptors (Lipinski definition) is 5. The van der Waals surface area contributed by atoms with Crippen molar-refractivity contribution in [3.8, 4) is 21.7 Å². The van der Waals surface area contributed by atoms with Gasteiger partial charge in [-0.2, -0.15) is 11.3 Å². The predicted octanol–water partition coefficient (Wildman–Crippen LogP) is 8.69. The Bertz CT molecular complexity index is 1270. The van der Waals surface area contributed by atoms with E-state index < -0.39 is 6.09 Å². The molecule has 1 aliphatic carbocycles. The number of nitrogens with zero attached hydrogens (tertiary/aromatic N) is 1. The second-order valence-electron chi connectivity index (χ2n) is 8.30. The molecular weight excluding hydrogens is 472 g/mol. The van der Waals surface area contributed by atoms with Gasteiger partial charge in [0.1, 0.15) is 6.10 Å². The van der Waals surface area contributed by atoms with Crippen molar-refractivity contribution in [1.82, 2.24) is 4.98 Å². The maximum atomic E-state index is 12.6. The van der Waals surface area contributed by atoms with E-state index in [0.717, 1.165) is 38.7 Å². The molecule has 3 heterocycles. The van der Waals surface area contributed by atoms with Crippen LogP contribution in [0.3, 0.4) is 0 Å². The molecule has 7 heteroatoms. The zero-order chi connectivity index (χ0) is 22.9. The number of carbonyl (C=O) groups excluding carboxylic acids is 1. The largest absolute Gasteiger partial charge is 0.441 e. The number of halogens is 1. The Hall–Kier alpha value is -2.67. The number of thiophene rings is 2. The van der Waals surface area contributed by atoms with Gasteiger partial charge in [-0.15, -0.1) is 11.3 Å². The monoisotopic (exact) mass is 494 g/mol. The van der Waals surface area contributed by atoms with Crippen LogP contribution in [0.25, 0.3) is 21.7 Å². The summed E-state index contributed by atoms with van der Waals surface area (Å²) < 4.78 is 6.17. The zero-order valence-corrected chi connectivity index (χ0v) is 20.7. The molecule has 0 radical (unpaired) electrons. The van der Waals surface area contributed by atoms with E-state index >= 15 is 0 Å². The first kappa shape index (κ1) is 22.1. The molecule has 1 aromatic carbocycles. The molecule has 1 aliphatic rings. The van der Waals surface area contributed by atoms with Crippen LogP contribution in [0, 0.1) is 6.92 Å². The highest BCUT2D eigenvalue weighted by molar-refractivity contribution is 7.20. The van der Waals surface area contributed by atoms with Gasteiger partial charge in [0.05, 0.1) is 20.6 Å². The molecule has 1 unspecified atom stereocenters.